The number of hydrogen-bond donors (Lipinski definition) is 0. The standard InChI is InChI=1S/C23H25NO/c1-4-23(2,3)24-17-20(15-16-21(24)25)22(18-11-7-5-8-12-18)19-13-9-6-10-14-19/h5-17,22H,4H2,1-3H3. The number of rotatable bonds is 5. The topological polar surface area (TPSA) is 22.0 Å². The van der Waals surface area contributed by atoms with E-state index in [4.69, 9.17) is 0 Å². The van der Waals surface area contributed by atoms with E-state index >= 15 is 0 Å². The minimum absolute atomic E-state index is 0.0514. The van der Waals surface area contributed by atoms with Crippen LogP contribution in [0.5, 0.6) is 0 Å². The summed E-state index contributed by atoms with van der Waals surface area (Å²) in [5, 5.41) is 0. The van der Waals surface area contributed by atoms with Gasteiger partial charge in [0.1, 0.15) is 0 Å². The lowest BCUT2D eigenvalue weighted by Crippen LogP contribution is -2.35. The molecule has 3 rings (SSSR count). The van der Waals surface area contributed by atoms with Crippen LogP contribution in [0.1, 0.15) is 49.8 Å². The Labute approximate surface area is 149 Å². The molecule has 0 N–H and O–H groups in total. The number of hydrogen-bond acceptors (Lipinski definition) is 1. The Kier molecular flexibility index (Phi) is 4.89. The van der Waals surface area contributed by atoms with Gasteiger partial charge in [-0.25, -0.2) is 0 Å². The fraction of sp³-hybridized carbons (Fsp3) is 0.261. The fourth-order valence-electron chi connectivity index (χ4n) is 3.19. The van der Waals surface area contributed by atoms with Gasteiger partial charge in [0, 0.05) is 23.7 Å². The van der Waals surface area contributed by atoms with Gasteiger partial charge < -0.3 is 4.57 Å². The van der Waals surface area contributed by atoms with Gasteiger partial charge in [0.05, 0.1) is 0 Å². The maximum atomic E-state index is 12.4. The molecule has 1 heterocycles. The van der Waals surface area contributed by atoms with Crippen molar-refractivity contribution < 1.29 is 0 Å². The average Bonchev–Trinajstić information content (AvgIpc) is 2.65. The summed E-state index contributed by atoms with van der Waals surface area (Å²) in [5.41, 5.74) is 3.45. The van der Waals surface area contributed by atoms with Crippen LogP contribution in [0, 0.1) is 0 Å². The minimum Gasteiger partial charge on any atom is -0.310 e. The van der Waals surface area contributed by atoms with Gasteiger partial charge >= 0.3 is 0 Å². The molecule has 1 aromatic heterocycles. The van der Waals surface area contributed by atoms with Crippen LogP contribution in [0.4, 0.5) is 0 Å². The van der Waals surface area contributed by atoms with Crippen molar-refractivity contribution >= 4 is 0 Å². The molecule has 0 amide bonds. The summed E-state index contributed by atoms with van der Waals surface area (Å²) in [6, 6.07) is 24.6. The molecular formula is C23H25NO. The van der Waals surface area contributed by atoms with Gasteiger partial charge in [-0.2, -0.15) is 0 Å². The highest BCUT2D eigenvalue weighted by Gasteiger charge is 2.22. The Bertz CT molecular complexity index is 839. The van der Waals surface area contributed by atoms with Gasteiger partial charge in [-0.3, -0.25) is 4.79 Å². The summed E-state index contributed by atoms with van der Waals surface area (Å²) in [7, 11) is 0. The second-order valence-corrected chi connectivity index (χ2v) is 7.09. The number of pyridine rings is 1. The fourth-order valence-corrected chi connectivity index (χ4v) is 3.19. The van der Waals surface area contributed by atoms with Crippen LogP contribution in [-0.4, -0.2) is 4.57 Å². The smallest absolute Gasteiger partial charge is 0.251 e. The first-order valence-electron chi connectivity index (χ1n) is 8.86. The molecule has 2 heteroatoms. The molecule has 0 bridgehead atoms. The van der Waals surface area contributed by atoms with E-state index in [0.717, 1.165) is 12.0 Å². The Morgan fingerprint density at radius 1 is 0.800 bits per heavy atom. The van der Waals surface area contributed by atoms with E-state index < -0.39 is 0 Å². The first-order valence-corrected chi connectivity index (χ1v) is 8.86. The van der Waals surface area contributed by atoms with Crippen LogP contribution >= 0.6 is 0 Å². The second-order valence-electron chi connectivity index (χ2n) is 7.09. The van der Waals surface area contributed by atoms with Gasteiger partial charge in [-0.05, 0) is 37.0 Å². The predicted molar refractivity (Wildman–Crippen MR) is 104 cm³/mol. The van der Waals surface area contributed by atoms with E-state index in [1.165, 1.54) is 11.1 Å². The highest BCUT2D eigenvalue weighted by Crippen LogP contribution is 2.32. The highest BCUT2D eigenvalue weighted by molar-refractivity contribution is 5.42. The van der Waals surface area contributed by atoms with Gasteiger partial charge in [-0.15, -0.1) is 0 Å². The Morgan fingerprint density at radius 2 is 1.32 bits per heavy atom. The largest absolute Gasteiger partial charge is 0.310 e. The maximum Gasteiger partial charge on any atom is 0.251 e. The van der Waals surface area contributed by atoms with E-state index in [9.17, 15) is 4.79 Å². The number of nitrogens with zero attached hydrogens (tertiary/aromatic N) is 1. The minimum atomic E-state index is -0.203. The molecule has 128 valence electrons. The van der Waals surface area contributed by atoms with Gasteiger partial charge in [0.2, 0.25) is 0 Å². The van der Waals surface area contributed by atoms with Crippen molar-refractivity contribution in [2.45, 2.75) is 38.6 Å². The van der Waals surface area contributed by atoms with E-state index in [-0.39, 0.29) is 17.0 Å². The van der Waals surface area contributed by atoms with Crippen LogP contribution in [0.3, 0.4) is 0 Å². The molecule has 0 unspecified atom stereocenters. The monoisotopic (exact) mass is 331 g/mol. The second kappa shape index (κ2) is 7.10. The van der Waals surface area contributed by atoms with Crippen LogP contribution in [0.15, 0.2) is 83.8 Å². The average molecular weight is 331 g/mol. The van der Waals surface area contributed by atoms with Crippen molar-refractivity contribution in [1.82, 2.24) is 4.57 Å². The zero-order chi connectivity index (χ0) is 17.9. The summed E-state index contributed by atoms with van der Waals surface area (Å²) >= 11 is 0. The van der Waals surface area contributed by atoms with Crippen LogP contribution < -0.4 is 5.56 Å². The molecule has 0 atom stereocenters. The van der Waals surface area contributed by atoms with Crippen LogP contribution in [0.25, 0.3) is 0 Å². The van der Waals surface area contributed by atoms with E-state index in [2.05, 4.69) is 69.3 Å². The Hall–Kier alpha value is -2.61. The summed E-state index contributed by atoms with van der Waals surface area (Å²) < 4.78 is 1.88. The molecule has 25 heavy (non-hydrogen) atoms. The predicted octanol–water partition coefficient (Wildman–Crippen LogP) is 5.17. The van der Waals surface area contributed by atoms with E-state index in [1.807, 2.05) is 29.0 Å². The molecule has 0 aliphatic rings. The molecule has 0 radical (unpaired) electrons. The zero-order valence-electron chi connectivity index (χ0n) is 15.1. The van der Waals surface area contributed by atoms with Crippen molar-refractivity contribution in [1.29, 1.82) is 0 Å². The summed E-state index contributed by atoms with van der Waals surface area (Å²) in [6.45, 7) is 6.33. The lowest BCUT2D eigenvalue weighted by atomic mass is 9.85. The van der Waals surface area contributed by atoms with Crippen molar-refractivity contribution in [3.63, 3.8) is 0 Å². The lowest BCUT2D eigenvalue weighted by Gasteiger charge is -2.28. The van der Waals surface area contributed by atoms with Crippen molar-refractivity contribution in [2.75, 3.05) is 0 Å². The van der Waals surface area contributed by atoms with Crippen LogP contribution in [0.2, 0.25) is 0 Å². The van der Waals surface area contributed by atoms with Crippen molar-refractivity contribution in [2.24, 2.45) is 0 Å². The molecule has 2 aromatic carbocycles. The Morgan fingerprint density at radius 3 is 1.80 bits per heavy atom. The number of benzene rings is 2. The van der Waals surface area contributed by atoms with E-state index in [0.29, 0.717) is 0 Å². The molecule has 0 saturated carbocycles. The highest BCUT2D eigenvalue weighted by atomic mass is 16.1. The van der Waals surface area contributed by atoms with Crippen LogP contribution in [-0.2, 0) is 5.54 Å². The third-order valence-corrected chi connectivity index (χ3v) is 5.05. The molecule has 0 saturated heterocycles. The molecule has 2 nitrogen and oxygen atoms in total. The molecular weight excluding hydrogens is 306 g/mol. The molecule has 3 aromatic rings. The SMILES string of the molecule is CCC(C)(C)n1cc(C(c2ccccc2)c2ccccc2)ccc1=O. The number of aromatic nitrogens is 1. The molecule has 0 fully saturated rings. The zero-order valence-corrected chi connectivity index (χ0v) is 15.1. The van der Waals surface area contributed by atoms with Gasteiger partial charge in [0.15, 0.2) is 0 Å². The normalized spacial score (nSPS) is 11.7. The molecule has 0 spiro atoms. The Balaban J connectivity index is 2.18. The third-order valence-electron chi connectivity index (χ3n) is 5.05. The first-order chi connectivity index (χ1) is 12.0. The summed E-state index contributed by atoms with van der Waals surface area (Å²) in [4.78, 5) is 12.4. The van der Waals surface area contributed by atoms with Crippen molar-refractivity contribution in [3.05, 3.63) is 106 Å². The maximum absolute atomic E-state index is 12.4. The van der Waals surface area contributed by atoms with Gasteiger partial charge in [-0.1, -0.05) is 73.7 Å². The third kappa shape index (κ3) is 3.58. The van der Waals surface area contributed by atoms with Crippen molar-refractivity contribution in [3.8, 4) is 0 Å². The molecule has 0 aliphatic heterocycles. The quantitative estimate of drug-likeness (QED) is 0.632. The summed E-state index contributed by atoms with van der Waals surface area (Å²) in [5.74, 6) is 0.113. The molecule has 0 aliphatic carbocycles. The summed E-state index contributed by atoms with van der Waals surface area (Å²) in [6.07, 6.45) is 2.94. The lowest BCUT2D eigenvalue weighted by molar-refractivity contribution is 0.330. The first kappa shape index (κ1) is 17.2. The van der Waals surface area contributed by atoms with E-state index in [1.54, 1.807) is 6.07 Å². The van der Waals surface area contributed by atoms with Gasteiger partial charge in [0.25, 0.3) is 5.56 Å².